The van der Waals surface area contributed by atoms with Crippen molar-refractivity contribution in [3.8, 4) is 0 Å². The summed E-state index contributed by atoms with van der Waals surface area (Å²) in [5, 5.41) is 3.14. The normalized spacial score (nSPS) is 28.9. The Kier molecular flexibility index (Phi) is 6.09. The van der Waals surface area contributed by atoms with Crippen LogP contribution in [0.15, 0.2) is 0 Å². The van der Waals surface area contributed by atoms with Crippen molar-refractivity contribution in [2.75, 3.05) is 12.8 Å². The van der Waals surface area contributed by atoms with Crippen LogP contribution in [-0.4, -0.2) is 32.5 Å². The smallest absolute Gasteiger partial charge is 0.152 e. The molecular weight excluding hydrogens is 270 g/mol. The lowest BCUT2D eigenvalue weighted by Gasteiger charge is -2.42. The first kappa shape index (κ1) is 18.0. The predicted molar refractivity (Wildman–Crippen MR) is 86.7 cm³/mol. The molecule has 0 aromatic heterocycles. The second kappa shape index (κ2) is 6.78. The molecule has 1 rings (SSSR count). The van der Waals surface area contributed by atoms with E-state index in [9.17, 15) is 8.42 Å². The maximum absolute atomic E-state index is 12.0. The molecule has 0 aliphatic heterocycles. The van der Waals surface area contributed by atoms with Crippen molar-refractivity contribution in [2.24, 2.45) is 17.3 Å². The molecule has 120 valence electrons. The van der Waals surface area contributed by atoms with Gasteiger partial charge in [0.15, 0.2) is 9.84 Å². The molecule has 20 heavy (non-hydrogen) atoms. The van der Waals surface area contributed by atoms with E-state index in [1.54, 1.807) is 13.8 Å². The molecule has 0 saturated heterocycles. The van der Waals surface area contributed by atoms with Crippen molar-refractivity contribution in [1.82, 2.24) is 5.32 Å². The zero-order valence-electron chi connectivity index (χ0n) is 14.1. The topological polar surface area (TPSA) is 46.2 Å². The van der Waals surface area contributed by atoms with Crippen LogP contribution in [-0.2, 0) is 9.84 Å². The summed E-state index contributed by atoms with van der Waals surface area (Å²) in [7, 11) is -0.904. The molecule has 1 aliphatic rings. The molecule has 0 radical (unpaired) electrons. The van der Waals surface area contributed by atoms with E-state index in [-0.39, 0.29) is 5.25 Å². The average Bonchev–Trinajstić information content (AvgIpc) is 2.34. The third kappa shape index (κ3) is 4.73. The minimum absolute atomic E-state index is 0.252. The molecule has 1 fully saturated rings. The minimum atomic E-state index is -2.91. The molecule has 0 spiro atoms. The Morgan fingerprint density at radius 2 is 1.80 bits per heavy atom. The first-order chi connectivity index (χ1) is 9.08. The molecule has 0 aromatic rings. The molecule has 3 nitrogen and oxygen atoms in total. The lowest BCUT2D eigenvalue weighted by molar-refractivity contribution is 0.115. The summed E-state index contributed by atoms with van der Waals surface area (Å²) in [5.74, 6) is 1.54. The predicted octanol–water partition coefficient (Wildman–Crippen LogP) is 3.25. The standard InChI is InChI=1S/C16H33NO2S/c1-12(2)20(18,19)10-9-13-11-14(16(3,4)5)7-8-15(13)17-6/h12-15,17H,7-11H2,1-6H3. The summed E-state index contributed by atoms with van der Waals surface area (Å²) in [5.41, 5.74) is 0.327. The second-order valence-electron chi connectivity index (χ2n) is 7.74. The number of sulfone groups is 1. The Balaban J connectivity index is 2.69. The van der Waals surface area contributed by atoms with E-state index in [2.05, 4.69) is 26.1 Å². The first-order valence-corrected chi connectivity index (χ1v) is 9.68. The second-order valence-corrected chi connectivity index (χ2v) is 10.4. The van der Waals surface area contributed by atoms with Gasteiger partial charge >= 0.3 is 0 Å². The van der Waals surface area contributed by atoms with Gasteiger partial charge in [-0.15, -0.1) is 0 Å². The van der Waals surface area contributed by atoms with E-state index in [1.807, 2.05) is 7.05 Å². The highest BCUT2D eigenvalue weighted by Gasteiger charge is 2.35. The number of nitrogens with one attached hydrogen (secondary N) is 1. The minimum Gasteiger partial charge on any atom is -0.317 e. The van der Waals surface area contributed by atoms with Crippen LogP contribution in [0.5, 0.6) is 0 Å². The van der Waals surface area contributed by atoms with Gasteiger partial charge in [0.05, 0.1) is 11.0 Å². The lowest BCUT2D eigenvalue weighted by atomic mass is 9.67. The third-order valence-electron chi connectivity index (χ3n) is 5.07. The van der Waals surface area contributed by atoms with Crippen LogP contribution >= 0.6 is 0 Å². The number of hydrogen-bond acceptors (Lipinski definition) is 3. The van der Waals surface area contributed by atoms with Gasteiger partial charge in [-0.3, -0.25) is 0 Å². The SMILES string of the molecule is CNC1CCC(C(C)(C)C)CC1CCS(=O)(=O)C(C)C. The van der Waals surface area contributed by atoms with Gasteiger partial charge in [0.25, 0.3) is 0 Å². The summed E-state index contributed by atoms with van der Waals surface area (Å²) >= 11 is 0. The van der Waals surface area contributed by atoms with Crippen LogP contribution in [0.4, 0.5) is 0 Å². The van der Waals surface area contributed by atoms with Crippen molar-refractivity contribution < 1.29 is 8.42 Å². The Labute approximate surface area is 125 Å². The van der Waals surface area contributed by atoms with Crippen molar-refractivity contribution >= 4 is 9.84 Å². The molecule has 0 aromatic carbocycles. The summed E-state index contributed by atoms with van der Waals surface area (Å²) in [6, 6.07) is 0.482. The molecule has 3 atom stereocenters. The van der Waals surface area contributed by atoms with E-state index in [0.717, 1.165) is 12.8 Å². The molecule has 4 heteroatoms. The van der Waals surface area contributed by atoms with Gasteiger partial charge in [-0.05, 0) is 63.8 Å². The van der Waals surface area contributed by atoms with E-state index >= 15 is 0 Å². The average molecular weight is 304 g/mol. The Morgan fingerprint density at radius 1 is 1.20 bits per heavy atom. The van der Waals surface area contributed by atoms with Crippen LogP contribution in [0.1, 0.15) is 60.3 Å². The molecule has 1 saturated carbocycles. The Morgan fingerprint density at radius 3 is 2.25 bits per heavy atom. The third-order valence-corrected chi connectivity index (χ3v) is 7.31. The van der Waals surface area contributed by atoms with Crippen molar-refractivity contribution in [1.29, 1.82) is 0 Å². The fourth-order valence-electron chi connectivity index (χ4n) is 3.30. The monoisotopic (exact) mass is 303 g/mol. The zero-order valence-corrected chi connectivity index (χ0v) is 14.9. The number of rotatable bonds is 5. The first-order valence-electron chi connectivity index (χ1n) is 7.96. The summed E-state index contributed by atoms with van der Waals surface area (Å²) in [6.45, 7) is 10.5. The molecule has 3 unspecified atom stereocenters. The molecule has 1 N–H and O–H groups in total. The van der Waals surface area contributed by atoms with Crippen LogP contribution in [0.25, 0.3) is 0 Å². The van der Waals surface area contributed by atoms with Crippen LogP contribution in [0, 0.1) is 17.3 Å². The zero-order chi connectivity index (χ0) is 15.6. The van der Waals surface area contributed by atoms with E-state index in [4.69, 9.17) is 0 Å². The van der Waals surface area contributed by atoms with Gasteiger partial charge in [0.1, 0.15) is 0 Å². The van der Waals surface area contributed by atoms with Gasteiger partial charge in [-0.25, -0.2) is 8.42 Å². The molecule has 0 bridgehead atoms. The van der Waals surface area contributed by atoms with Crippen LogP contribution in [0.3, 0.4) is 0 Å². The number of hydrogen-bond donors (Lipinski definition) is 1. The fourth-order valence-corrected chi connectivity index (χ4v) is 4.40. The van der Waals surface area contributed by atoms with Crippen LogP contribution < -0.4 is 5.32 Å². The summed E-state index contributed by atoms with van der Waals surface area (Å²) < 4.78 is 24.1. The maximum atomic E-state index is 12.0. The maximum Gasteiger partial charge on any atom is 0.152 e. The fraction of sp³-hybridized carbons (Fsp3) is 1.00. The lowest BCUT2D eigenvalue weighted by Crippen LogP contribution is -2.42. The highest BCUT2D eigenvalue weighted by molar-refractivity contribution is 7.91. The molecule has 0 amide bonds. The van der Waals surface area contributed by atoms with Crippen molar-refractivity contribution in [3.63, 3.8) is 0 Å². The summed E-state index contributed by atoms with van der Waals surface area (Å²) in [4.78, 5) is 0. The van der Waals surface area contributed by atoms with Crippen LogP contribution in [0.2, 0.25) is 0 Å². The van der Waals surface area contributed by atoms with Gasteiger partial charge in [0, 0.05) is 6.04 Å². The van der Waals surface area contributed by atoms with Gasteiger partial charge in [-0.2, -0.15) is 0 Å². The highest BCUT2D eigenvalue weighted by atomic mass is 32.2. The Hall–Kier alpha value is -0.0900. The van der Waals surface area contributed by atoms with Gasteiger partial charge < -0.3 is 5.32 Å². The van der Waals surface area contributed by atoms with Crippen molar-refractivity contribution in [2.45, 2.75) is 71.6 Å². The largest absolute Gasteiger partial charge is 0.317 e. The van der Waals surface area contributed by atoms with E-state index in [1.165, 1.54) is 12.8 Å². The molecule has 1 aliphatic carbocycles. The van der Waals surface area contributed by atoms with E-state index < -0.39 is 9.84 Å². The molecule has 0 heterocycles. The quantitative estimate of drug-likeness (QED) is 0.848. The van der Waals surface area contributed by atoms with Gasteiger partial charge in [0.2, 0.25) is 0 Å². The van der Waals surface area contributed by atoms with E-state index in [0.29, 0.717) is 29.0 Å². The summed E-state index contributed by atoms with van der Waals surface area (Å²) in [6.07, 6.45) is 4.38. The Bertz CT molecular complexity index is 395. The highest BCUT2D eigenvalue weighted by Crippen LogP contribution is 2.41. The van der Waals surface area contributed by atoms with Crippen molar-refractivity contribution in [3.05, 3.63) is 0 Å². The van der Waals surface area contributed by atoms with Gasteiger partial charge in [-0.1, -0.05) is 20.8 Å². The molecular formula is C16H33NO2S.